The Balaban J connectivity index is 2.32. The summed E-state index contributed by atoms with van der Waals surface area (Å²) in [6.45, 7) is 1.97. The van der Waals surface area contributed by atoms with Gasteiger partial charge in [0, 0.05) is 16.4 Å². The van der Waals surface area contributed by atoms with Crippen molar-refractivity contribution in [2.45, 2.75) is 6.92 Å². The molecule has 0 radical (unpaired) electrons. The van der Waals surface area contributed by atoms with Crippen molar-refractivity contribution in [3.05, 3.63) is 47.0 Å². The second kappa shape index (κ2) is 4.10. The van der Waals surface area contributed by atoms with Crippen molar-refractivity contribution in [3.63, 3.8) is 0 Å². The first-order valence-corrected chi connectivity index (χ1v) is 6.30. The van der Waals surface area contributed by atoms with Crippen LogP contribution in [0.3, 0.4) is 0 Å². The molecule has 0 spiro atoms. The number of nitrogen functional groups attached to an aromatic ring is 1. The predicted molar refractivity (Wildman–Crippen MR) is 75.7 cm³/mol. The summed E-state index contributed by atoms with van der Waals surface area (Å²) in [4.78, 5) is 8.71. The van der Waals surface area contributed by atoms with Crippen molar-refractivity contribution < 1.29 is 0 Å². The molecule has 0 bridgehead atoms. The molecule has 2 N–H and O–H groups in total. The number of pyridine rings is 1. The molecule has 0 fully saturated rings. The predicted octanol–water partition coefficient (Wildman–Crippen LogP) is 3.07. The highest BCUT2D eigenvalue weighted by molar-refractivity contribution is 9.10. The van der Waals surface area contributed by atoms with Gasteiger partial charge in [0.15, 0.2) is 0 Å². The Morgan fingerprint density at radius 1 is 1.22 bits per heavy atom. The molecular weight excluding hydrogens is 292 g/mol. The van der Waals surface area contributed by atoms with E-state index < -0.39 is 0 Å². The number of aryl methyl sites for hydroxylation is 1. The maximum Gasteiger partial charge on any atom is 0.111 e. The Morgan fingerprint density at radius 2 is 2.06 bits per heavy atom. The highest BCUT2D eigenvalue weighted by Gasteiger charge is 2.09. The molecule has 4 nitrogen and oxygen atoms in total. The summed E-state index contributed by atoms with van der Waals surface area (Å²) in [7, 11) is 0. The van der Waals surface area contributed by atoms with Gasteiger partial charge in [-0.25, -0.2) is 4.98 Å². The minimum absolute atomic E-state index is 0.722. The minimum atomic E-state index is 0.722. The highest BCUT2D eigenvalue weighted by Crippen LogP contribution is 2.23. The summed E-state index contributed by atoms with van der Waals surface area (Å²) in [5.74, 6) is 0.912. The Bertz CT molecular complexity index is 733. The normalized spacial score (nSPS) is 11.0. The van der Waals surface area contributed by atoms with Gasteiger partial charge in [-0.3, -0.25) is 9.55 Å². The molecule has 0 unspecified atom stereocenters. The Kier molecular flexibility index (Phi) is 2.56. The van der Waals surface area contributed by atoms with Gasteiger partial charge in [-0.15, -0.1) is 0 Å². The molecule has 18 heavy (non-hydrogen) atoms. The lowest BCUT2D eigenvalue weighted by Crippen LogP contribution is -1.97. The largest absolute Gasteiger partial charge is 0.399 e. The van der Waals surface area contributed by atoms with Crippen LogP contribution >= 0.6 is 15.9 Å². The number of halogens is 1. The molecule has 0 saturated heterocycles. The third-order valence-electron chi connectivity index (χ3n) is 2.79. The van der Waals surface area contributed by atoms with E-state index in [-0.39, 0.29) is 0 Å². The van der Waals surface area contributed by atoms with Gasteiger partial charge in [0.1, 0.15) is 5.82 Å². The number of hydrogen-bond acceptors (Lipinski definition) is 3. The quantitative estimate of drug-likeness (QED) is 0.703. The average Bonchev–Trinajstić information content (AvgIpc) is 2.64. The first-order valence-electron chi connectivity index (χ1n) is 5.50. The van der Waals surface area contributed by atoms with E-state index in [1.54, 1.807) is 6.20 Å². The van der Waals surface area contributed by atoms with E-state index in [0.29, 0.717) is 0 Å². The number of hydrogen-bond donors (Lipinski definition) is 1. The molecule has 90 valence electrons. The molecule has 1 aromatic carbocycles. The maximum atomic E-state index is 5.78. The molecule has 2 heterocycles. The molecule has 3 aromatic rings. The zero-order chi connectivity index (χ0) is 12.7. The van der Waals surface area contributed by atoms with Crippen LogP contribution in [0.1, 0.15) is 5.82 Å². The van der Waals surface area contributed by atoms with E-state index in [1.807, 2.05) is 37.4 Å². The Morgan fingerprint density at radius 3 is 2.83 bits per heavy atom. The van der Waals surface area contributed by atoms with Crippen molar-refractivity contribution in [1.29, 1.82) is 0 Å². The van der Waals surface area contributed by atoms with E-state index >= 15 is 0 Å². The summed E-state index contributed by atoms with van der Waals surface area (Å²) in [5.41, 5.74) is 9.40. The van der Waals surface area contributed by atoms with E-state index in [0.717, 1.165) is 32.7 Å². The average molecular weight is 303 g/mol. The van der Waals surface area contributed by atoms with Crippen LogP contribution in [-0.4, -0.2) is 14.5 Å². The lowest BCUT2D eigenvalue weighted by molar-refractivity contribution is 0.988. The fourth-order valence-corrected chi connectivity index (χ4v) is 2.42. The van der Waals surface area contributed by atoms with Crippen LogP contribution in [0.15, 0.2) is 41.1 Å². The number of nitrogens with two attached hydrogens (primary N) is 1. The van der Waals surface area contributed by atoms with Gasteiger partial charge in [-0.1, -0.05) is 0 Å². The number of fused-ring (bicyclic) bond motifs is 1. The summed E-state index contributed by atoms with van der Waals surface area (Å²) in [5, 5.41) is 0. The van der Waals surface area contributed by atoms with E-state index in [1.165, 1.54) is 0 Å². The molecule has 0 atom stereocenters. The first-order chi connectivity index (χ1) is 8.65. The maximum absolute atomic E-state index is 5.78. The number of anilines is 1. The second-order valence-electron chi connectivity index (χ2n) is 4.10. The fraction of sp³-hybridized carbons (Fsp3) is 0.0769. The van der Waals surface area contributed by atoms with Crippen molar-refractivity contribution in [2.75, 3.05) is 5.73 Å². The molecule has 0 aliphatic carbocycles. The Hall–Kier alpha value is -1.88. The van der Waals surface area contributed by atoms with Gasteiger partial charge in [-0.05, 0) is 47.1 Å². The number of benzene rings is 1. The second-order valence-corrected chi connectivity index (χ2v) is 5.02. The van der Waals surface area contributed by atoms with Crippen LogP contribution in [0.2, 0.25) is 0 Å². The van der Waals surface area contributed by atoms with Crippen molar-refractivity contribution in [2.24, 2.45) is 0 Å². The van der Waals surface area contributed by atoms with Crippen molar-refractivity contribution >= 4 is 32.7 Å². The number of rotatable bonds is 1. The summed E-state index contributed by atoms with van der Waals surface area (Å²) >= 11 is 3.43. The summed E-state index contributed by atoms with van der Waals surface area (Å²) in [6, 6.07) is 7.75. The number of imidazole rings is 1. The van der Waals surface area contributed by atoms with Gasteiger partial charge in [-0.2, -0.15) is 0 Å². The topological polar surface area (TPSA) is 56.7 Å². The summed E-state index contributed by atoms with van der Waals surface area (Å²) < 4.78 is 3.00. The molecule has 5 heteroatoms. The summed E-state index contributed by atoms with van der Waals surface area (Å²) in [6.07, 6.45) is 3.57. The molecule has 0 saturated carbocycles. The standard InChI is InChI=1S/C13H11BrN4/c1-8-17-12-5-10(15)2-3-13(12)18(8)11-4-9(14)6-16-7-11/h2-7H,15H2,1H3. The minimum Gasteiger partial charge on any atom is -0.399 e. The lowest BCUT2D eigenvalue weighted by atomic mass is 10.2. The van der Waals surface area contributed by atoms with E-state index in [2.05, 4.69) is 30.5 Å². The zero-order valence-corrected chi connectivity index (χ0v) is 11.3. The molecule has 0 aliphatic rings. The third kappa shape index (κ3) is 1.76. The highest BCUT2D eigenvalue weighted by atomic mass is 79.9. The smallest absolute Gasteiger partial charge is 0.111 e. The fourth-order valence-electron chi connectivity index (χ4n) is 2.07. The SMILES string of the molecule is Cc1nc2cc(N)ccc2n1-c1cncc(Br)c1. The van der Waals surface area contributed by atoms with Crippen molar-refractivity contribution in [3.8, 4) is 5.69 Å². The van der Waals surface area contributed by atoms with Gasteiger partial charge in [0.2, 0.25) is 0 Å². The van der Waals surface area contributed by atoms with Crippen LogP contribution in [0, 0.1) is 6.92 Å². The lowest BCUT2D eigenvalue weighted by Gasteiger charge is -2.06. The van der Waals surface area contributed by atoms with Gasteiger partial charge in [0.25, 0.3) is 0 Å². The van der Waals surface area contributed by atoms with Crippen LogP contribution < -0.4 is 5.73 Å². The number of nitrogens with zero attached hydrogens (tertiary/aromatic N) is 3. The Labute approximate surface area is 113 Å². The van der Waals surface area contributed by atoms with Gasteiger partial charge in [0.05, 0.1) is 22.9 Å². The third-order valence-corrected chi connectivity index (χ3v) is 3.23. The van der Waals surface area contributed by atoms with E-state index in [9.17, 15) is 0 Å². The van der Waals surface area contributed by atoms with E-state index in [4.69, 9.17) is 5.73 Å². The van der Waals surface area contributed by atoms with Crippen LogP contribution in [-0.2, 0) is 0 Å². The van der Waals surface area contributed by atoms with Crippen LogP contribution in [0.4, 0.5) is 5.69 Å². The molecule has 2 aromatic heterocycles. The number of aromatic nitrogens is 3. The molecular formula is C13H11BrN4. The van der Waals surface area contributed by atoms with Gasteiger partial charge < -0.3 is 5.73 Å². The van der Waals surface area contributed by atoms with Gasteiger partial charge >= 0.3 is 0 Å². The first kappa shape index (κ1) is 11.2. The molecule has 0 aliphatic heterocycles. The van der Waals surface area contributed by atoms with Crippen LogP contribution in [0.25, 0.3) is 16.7 Å². The molecule has 3 rings (SSSR count). The van der Waals surface area contributed by atoms with Crippen LogP contribution in [0.5, 0.6) is 0 Å². The monoisotopic (exact) mass is 302 g/mol. The van der Waals surface area contributed by atoms with Crippen molar-refractivity contribution in [1.82, 2.24) is 14.5 Å². The molecule has 0 amide bonds. The zero-order valence-electron chi connectivity index (χ0n) is 9.76.